The number of nitrogens with one attached hydrogen (secondary N) is 1. The Labute approximate surface area is 181 Å². The van der Waals surface area contributed by atoms with Gasteiger partial charge in [0, 0.05) is 47.4 Å². The summed E-state index contributed by atoms with van der Waals surface area (Å²) in [6.45, 7) is 8.24. The van der Waals surface area contributed by atoms with Crippen LogP contribution in [0.3, 0.4) is 0 Å². The van der Waals surface area contributed by atoms with Gasteiger partial charge in [0.05, 0.1) is 12.0 Å². The van der Waals surface area contributed by atoms with Gasteiger partial charge >= 0.3 is 5.69 Å². The molecule has 0 bridgehead atoms. The summed E-state index contributed by atoms with van der Waals surface area (Å²) in [5.74, 6) is -0.459. The van der Waals surface area contributed by atoms with E-state index < -0.39 is 10.8 Å². The number of dihydropyridines is 1. The lowest BCUT2D eigenvalue weighted by Crippen LogP contribution is -2.42. The van der Waals surface area contributed by atoms with Crippen LogP contribution in [0.1, 0.15) is 64.9 Å². The molecular formula is C24H28N2O5. The van der Waals surface area contributed by atoms with Crippen molar-refractivity contribution < 1.29 is 19.2 Å². The summed E-state index contributed by atoms with van der Waals surface area (Å²) in [6, 6.07) is 4.73. The Morgan fingerprint density at radius 1 is 0.968 bits per heavy atom. The van der Waals surface area contributed by atoms with Crippen molar-refractivity contribution >= 4 is 17.3 Å². The maximum Gasteiger partial charge on any atom is 0.311 e. The van der Waals surface area contributed by atoms with Gasteiger partial charge in [0.15, 0.2) is 17.3 Å². The van der Waals surface area contributed by atoms with Gasteiger partial charge in [0.1, 0.15) is 0 Å². The molecule has 1 aromatic rings. The lowest BCUT2D eigenvalue weighted by atomic mass is 9.64. The Bertz CT molecular complexity index is 1030. The quantitative estimate of drug-likeness (QED) is 0.563. The van der Waals surface area contributed by atoms with Crippen LogP contribution in [0.25, 0.3) is 0 Å². The van der Waals surface area contributed by atoms with Crippen LogP contribution in [0.2, 0.25) is 0 Å². The molecule has 0 spiro atoms. The fraction of sp³-hybridized carbons (Fsp3) is 0.500. The second kappa shape index (κ2) is 7.04. The lowest BCUT2D eigenvalue weighted by Gasteiger charge is -2.43. The molecule has 0 aromatic heterocycles. The van der Waals surface area contributed by atoms with Gasteiger partial charge in [-0.05, 0) is 35.3 Å². The molecule has 0 amide bonds. The number of ether oxygens (including phenoxy) is 1. The van der Waals surface area contributed by atoms with Crippen molar-refractivity contribution in [1.29, 1.82) is 0 Å². The second-order valence-electron chi connectivity index (χ2n) is 10.4. The maximum atomic E-state index is 13.3. The smallest absolute Gasteiger partial charge is 0.311 e. The molecule has 0 fully saturated rings. The van der Waals surface area contributed by atoms with Gasteiger partial charge in [-0.1, -0.05) is 33.8 Å². The van der Waals surface area contributed by atoms with Gasteiger partial charge in [-0.15, -0.1) is 0 Å². The first-order valence-corrected chi connectivity index (χ1v) is 10.5. The number of carbonyl (C=O) groups is 2. The predicted molar refractivity (Wildman–Crippen MR) is 116 cm³/mol. The van der Waals surface area contributed by atoms with E-state index >= 15 is 0 Å². The zero-order valence-electron chi connectivity index (χ0n) is 18.6. The first-order chi connectivity index (χ1) is 14.4. The normalized spacial score (nSPS) is 22.6. The largest absolute Gasteiger partial charge is 0.490 e. The Morgan fingerprint density at radius 2 is 1.48 bits per heavy atom. The summed E-state index contributed by atoms with van der Waals surface area (Å²) in [4.78, 5) is 37.7. The lowest BCUT2D eigenvalue weighted by molar-refractivity contribution is -0.385. The van der Waals surface area contributed by atoms with Crippen molar-refractivity contribution in [3.8, 4) is 5.75 Å². The molecule has 3 aliphatic rings. The van der Waals surface area contributed by atoms with Crippen molar-refractivity contribution in [3.63, 3.8) is 0 Å². The van der Waals surface area contributed by atoms with Gasteiger partial charge in [-0.25, -0.2) is 0 Å². The fourth-order valence-electron chi connectivity index (χ4n) is 5.25. The molecule has 0 saturated heterocycles. The van der Waals surface area contributed by atoms with E-state index in [2.05, 4.69) is 33.0 Å². The van der Waals surface area contributed by atoms with Gasteiger partial charge in [0.25, 0.3) is 0 Å². The van der Waals surface area contributed by atoms with Crippen molar-refractivity contribution in [2.24, 2.45) is 10.8 Å². The fourth-order valence-corrected chi connectivity index (χ4v) is 5.25. The third kappa shape index (κ3) is 3.66. The Hall–Kier alpha value is -2.96. The second-order valence-corrected chi connectivity index (χ2v) is 10.4. The summed E-state index contributed by atoms with van der Waals surface area (Å²) in [5, 5.41) is 15.1. The van der Waals surface area contributed by atoms with E-state index in [1.807, 2.05) is 0 Å². The monoisotopic (exact) mass is 424 g/mol. The van der Waals surface area contributed by atoms with Crippen molar-refractivity contribution in [3.05, 3.63) is 56.4 Å². The highest BCUT2D eigenvalue weighted by Gasteiger charge is 2.46. The minimum Gasteiger partial charge on any atom is -0.490 e. The Kier molecular flexibility index (Phi) is 4.83. The van der Waals surface area contributed by atoms with E-state index in [1.54, 1.807) is 12.1 Å². The number of rotatable bonds is 3. The summed E-state index contributed by atoms with van der Waals surface area (Å²) < 4.78 is 5.15. The highest BCUT2D eigenvalue weighted by Crippen LogP contribution is 2.51. The number of nitro groups is 1. The SMILES string of the molecule is COc1ccc(C2C3=C(CC(C)(C)CC3=O)NC3=C2C(=O)CC(C)(C)C3)cc1[N+](=O)[O-]. The number of nitro benzene ring substituents is 1. The molecule has 31 heavy (non-hydrogen) atoms. The molecule has 0 radical (unpaired) electrons. The molecule has 1 aliphatic heterocycles. The number of nitrogens with zero attached hydrogens (tertiary/aromatic N) is 1. The van der Waals surface area contributed by atoms with E-state index in [9.17, 15) is 19.7 Å². The minimum atomic E-state index is -0.594. The van der Waals surface area contributed by atoms with E-state index in [0.717, 1.165) is 11.4 Å². The zero-order chi connectivity index (χ0) is 22.7. The summed E-state index contributed by atoms with van der Waals surface area (Å²) >= 11 is 0. The molecule has 0 atom stereocenters. The number of hydrogen-bond acceptors (Lipinski definition) is 6. The van der Waals surface area contributed by atoms with E-state index in [4.69, 9.17) is 4.74 Å². The average molecular weight is 424 g/mol. The molecule has 2 aliphatic carbocycles. The highest BCUT2D eigenvalue weighted by molar-refractivity contribution is 6.06. The molecule has 164 valence electrons. The van der Waals surface area contributed by atoms with Gasteiger partial charge < -0.3 is 10.1 Å². The number of hydrogen-bond donors (Lipinski definition) is 1. The molecule has 1 heterocycles. The number of allylic oxidation sites excluding steroid dienone is 4. The van der Waals surface area contributed by atoms with Gasteiger partial charge in [-0.2, -0.15) is 0 Å². The molecule has 7 nitrogen and oxygen atoms in total. The Balaban J connectivity index is 1.94. The predicted octanol–water partition coefficient (Wildman–Crippen LogP) is 4.58. The van der Waals surface area contributed by atoms with Crippen LogP contribution in [0.4, 0.5) is 5.69 Å². The van der Waals surface area contributed by atoms with Crippen LogP contribution in [-0.4, -0.2) is 23.6 Å². The number of benzene rings is 1. The summed E-state index contributed by atoms with van der Waals surface area (Å²) in [6.07, 6.45) is 2.14. The molecule has 1 aromatic carbocycles. The van der Waals surface area contributed by atoms with E-state index in [-0.39, 0.29) is 33.8 Å². The van der Waals surface area contributed by atoms with Crippen LogP contribution < -0.4 is 10.1 Å². The number of Topliss-reactive ketones (excluding diaryl/α,β-unsaturated/α-hetero) is 2. The average Bonchev–Trinajstić information content (AvgIpc) is 2.63. The molecule has 4 rings (SSSR count). The number of methoxy groups -OCH3 is 1. The van der Waals surface area contributed by atoms with Crippen molar-refractivity contribution in [2.75, 3.05) is 7.11 Å². The van der Waals surface area contributed by atoms with Gasteiger partial charge in [-0.3, -0.25) is 19.7 Å². The van der Waals surface area contributed by atoms with Crippen LogP contribution in [0.15, 0.2) is 40.7 Å². The van der Waals surface area contributed by atoms with E-state index in [1.165, 1.54) is 13.2 Å². The summed E-state index contributed by atoms with van der Waals surface area (Å²) in [5.41, 5.74) is 2.86. The first-order valence-electron chi connectivity index (χ1n) is 10.5. The minimum absolute atomic E-state index is 0.00796. The maximum absolute atomic E-state index is 13.3. The topological polar surface area (TPSA) is 98.5 Å². The molecule has 0 unspecified atom stereocenters. The third-order valence-corrected chi connectivity index (χ3v) is 6.45. The first kappa shape index (κ1) is 21.3. The number of carbonyl (C=O) groups excluding carboxylic acids is 2. The zero-order valence-corrected chi connectivity index (χ0v) is 18.6. The molecule has 7 heteroatoms. The van der Waals surface area contributed by atoms with Crippen molar-refractivity contribution in [1.82, 2.24) is 5.32 Å². The Morgan fingerprint density at radius 3 is 1.94 bits per heavy atom. The summed E-state index contributed by atoms with van der Waals surface area (Å²) in [7, 11) is 1.38. The van der Waals surface area contributed by atoms with Crippen LogP contribution in [0.5, 0.6) is 5.75 Å². The van der Waals surface area contributed by atoms with Crippen molar-refractivity contribution in [2.45, 2.75) is 59.3 Å². The number of ketones is 2. The molecule has 0 saturated carbocycles. The standard InChI is InChI=1S/C24H28N2O5/c1-23(2)9-14-21(17(27)11-23)20(13-6-7-19(31-5)16(8-13)26(29)30)22-15(25-14)10-24(3,4)12-18(22)28/h6-8,20,25H,9-12H2,1-5H3. The molecule has 1 N–H and O–H groups in total. The molecular weight excluding hydrogens is 396 g/mol. The van der Waals surface area contributed by atoms with Crippen LogP contribution in [0, 0.1) is 20.9 Å². The van der Waals surface area contributed by atoms with E-state index in [0.29, 0.717) is 42.4 Å². The van der Waals surface area contributed by atoms with Gasteiger partial charge in [0.2, 0.25) is 0 Å². The third-order valence-electron chi connectivity index (χ3n) is 6.45. The highest BCUT2D eigenvalue weighted by atomic mass is 16.6. The van der Waals surface area contributed by atoms with Crippen LogP contribution >= 0.6 is 0 Å². The van der Waals surface area contributed by atoms with Crippen LogP contribution in [-0.2, 0) is 9.59 Å².